The van der Waals surface area contributed by atoms with Gasteiger partial charge in [-0.3, -0.25) is 0 Å². The molecule has 0 spiro atoms. The number of likely N-dealkylation sites (N-methyl/N-ethyl adjacent to an activating group) is 1. The van der Waals surface area contributed by atoms with E-state index in [-0.39, 0.29) is 0 Å². The molecule has 0 bridgehead atoms. The fourth-order valence-corrected chi connectivity index (χ4v) is 1.43. The summed E-state index contributed by atoms with van der Waals surface area (Å²) in [6, 6.07) is 0. The molecule has 0 atom stereocenters. The van der Waals surface area contributed by atoms with E-state index >= 15 is 0 Å². The molecule has 0 radical (unpaired) electrons. The number of nitrogens with zero attached hydrogens (tertiary/aromatic N) is 1. The summed E-state index contributed by atoms with van der Waals surface area (Å²) in [5.74, 6) is 0. The molecular formula is C12H28N2O. The maximum atomic E-state index is 5.35. The van der Waals surface area contributed by atoms with Crippen molar-refractivity contribution in [2.45, 2.75) is 33.6 Å². The van der Waals surface area contributed by atoms with Gasteiger partial charge in [0.05, 0.1) is 6.61 Å². The predicted octanol–water partition coefficient (Wildman–Crippen LogP) is 1.73. The van der Waals surface area contributed by atoms with Crippen LogP contribution >= 0.6 is 0 Å². The van der Waals surface area contributed by atoms with Crippen molar-refractivity contribution in [1.82, 2.24) is 10.2 Å². The summed E-state index contributed by atoms with van der Waals surface area (Å²) in [6.07, 6.45) is 2.56. The first-order chi connectivity index (χ1) is 7.35. The number of hydrogen-bond acceptors (Lipinski definition) is 3. The molecule has 3 nitrogen and oxygen atoms in total. The maximum absolute atomic E-state index is 5.35. The van der Waals surface area contributed by atoms with Crippen molar-refractivity contribution in [2.75, 3.05) is 45.9 Å². The van der Waals surface area contributed by atoms with Crippen LogP contribution in [-0.2, 0) is 4.74 Å². The molecule has 0 aromatic rings. The van der Waals surface area contributed by atoms with Crippen LogP contribution in [0.4, 0.5) is 0 Å². The van der Waals surface area contributed by atoms with E-state index in [0.29, 0.717) is 0 Å². The number of ether oxygens (including phenoxy) is 1. The summed E-state index contributed by atoms with van der Waals surface area (Å²) in [7, 11) is 0. The van der Waals surface area contributed by atoms with E-state index in [1.807, 2.05) is 6.92 Å². The van der Waals surface area contributed by atoms with E-state index in [2.05, 4.69) is 24.1 Å². The second-order valence-electron chi connectivity index (χ2n) is 3.73. The minimum atomic E-state index is 0.826. The van der Waals surface area contributed by atoms with E-state index < -0.39 is 0 Å². The summed E-state index contributed by atoms with van der Waals surface area (Å²) >= 11 is 0. The standard InChI is InChI=1S/C12H28N2O/c1-4-7-8-13-9-10-14(5-2)11-12-15-6-3/h13H,4-12H2,1-3H3. The summed E-state index contributed by atoms with van der Waals surface area (Å²) in [6.45, 7) is 13.7. The second-order valence-corrected chi connectivity index (χ2v) is 3.73. The lowest BCUT2D eigenvalue weighted by Crippen LogP contribution is -2.34. The van der Waals surface area contributed by atoms with Gasteiger partial charge in [0.2, 0.25) is 0 Å². The molecule has 0 aliphatic heterocycles. The monoisotopic (exact) mass is 216 g/mol. The van der Waals surface area contributed by atoms with Crippen LogP contribution in [0, 0.1) is 0 Å². The topological polar surface area (TPSA) is 24.5 Å². The number of unbranched alkanes of at least 4 members (excludes halogenated alkanes) is 1. The van der Waals surface area contributed by atoms with Crippen molar-refractivity contribution in [3.63, 3.8) is 0 Å². The zero-order chi connectivity index (χ0) is 11.4. The molecule has 0 aromatic carbocycles. The Labute approximate surface area is 95.2 Å². The van der Waals surface area contributed by atoms with Gasteiger partial charge in [-0.15, -0.1) is 0 Å². The van der Waals surface area contributed by atoms with Crippen LogP contribution in [-0.4, -0.2) is 50.8 Å². The molecule has 0 amide bonds. The summed E-state index contributed by atoms with van der Waals surface area (Å²) in [5, 5.41) is 3.46. The zero-order valence-corrected chi connectivity index (χ0v) is 10.7. The van der Waals surface area contributed by atoms with Crippen LogP contribution < -0.4 is 5.32 Å². The highest BCUT2D eigenvalue weighted by Gasteiger charge is 2.00. The van der Waals surface area contributed by atoms with Crippen LogP contribution in [0.1, 0.15) is 33.6 Å². The van der Waals surface area contributed by atoms with Gasteiger partial charge < -0.3 is 15.0 Å². The van der Waals surface area contributed by atoms with Gasteiger partial charge in [-0.05, 0) is 26.4 Å². The second kappa shape index (κ2) is 12.0. The van der Waals surface area contributed by atoms with Crippen molar-refractivity contribution in [3.8, 4) is 0 Å². The first kappa shape index (κ1) is 14.9. The fraction of sp³-hybridized carbons (Fsp3) is 1.00. The Hall–Kier alpha value is -0.120. The molecule has 1 N–H and O–H groups in total. The van der Waals surface area contributed by atoms with Crippen LogP contribution in [0.25, 0.3) is 0 Å². The molecule has 0 aliphatic carbocycles. The largest absolute Gasteiger partial charge is 0.380 e. The van der Waals surface area contributed by atoms with Gasteiger partial charge in [-0.2, -0.15) is 0 Å². The molecular weight excluding hydrogens is 188 g/mol. The van der Waals surface area contributed by atoms with Crippen molar-refractivity contribution in [1.29, 1.82) is 0 Å². The predicted molar refractivity (Wildman–Crippen MR) is 66.4 cm³/mol. The van der Waals surface area contributed by atoms with Crippen molar-refractivity contribution in [2.24, 2.45) is 0 Å². The minimum Gasteiger partial charge on any atom is -0.380 e. The van der Waals surface area contributed by atoms with Gasteiger partial charge in [0.1, 0.15) is 0 Å². The van der Waals surface area contributed by atoms with Crippen molar-refractivity contribution < 1.29 is 4.74 Å². The van der Waals surface area contributed by atoms with Gasteiger partial charge in [-0.1, -0.05) is 20.3 Å². The highest BCUT2D eigenvalue weighted by atomic mass is 16.5. The van der Waals surface area contributed by atoms with Crippen molar-refractivity contribution >= 4 is 0 Å². The summed E-state index contributed by atoms with van der Waals surface area (Å²) in [4.78, 5) is 2.43. The van der Waals surface area contributed by atoms with Gasteiger partial charge in [0, 0.05) is 26.2 Å². The maximum Gasteiger partial charge on any atom is 0.0593 e. The molecule has 0 fully saturated rings. The van der Waals surface area contributed by atoms with Crippen molar-refractivity contribution in [3.05, 3.63) is 0 Å². The Morgan fingerprint density at radius 1 is 1.07 bits per heavy atom. The molecule has 0 saturated heterocycles. The number of hydrogen-bond donors (Lipinski definition) is 1. The van der Waals surface area contributed by atoms with E-state index in [1.54, 1.807) is 0 Å². The van der Waals surface area contributed by atoms with E-state index in [0.717, 1.165) is 45.9 Å². The highest BCUT2D eigenvalue weighted by Crippen LogP contribution is 1.88. The highest BCUT2D eigenvalue weighted by molar-refractivity contribution is 4.57. The molecule has 0 rings (SSSR count). The first-order valence-corrected chi connectivity index (χ1v) is 6.35. The molecule has 0 unspecified atom stereocenters. The quantitative estimate of drug-likeness (QED) is 0.532. The van der Waals surface area contributed by atoms with Crippen LogP contribution in [0.5, 0.6) is 0 Å². The molecule has 3 heteroatoms. The van der Waals surface area contributed by atoms with E-state index in [1.165, 1.54) is 12.8 Å². The SMILES string of the molecule is CCCCNCCN(CC)CCOCC. The summed E-state index contributed by atoms with van der Waals surface area (Å²) < 4.78 is 5.35. The van der Waals surface area contributed by atoms with Crippen LogP contribution in [0.2, 0.25) is 0 Å². The molecule has 0 heterocycles. The van der Waals surface area contributed by atoms with E-state index in [4.69, 9.17) is 4.74 Å². The molecule has 0 aromatic heterocycles. The summed E-state index contributed by atoms with van der Waals surface area (Å²) in [5.41, 5.74) is 0. The average molecular weight is 216 g/mol. The molecule has 0 aliphatic rings. The van der Waals surface area contributed by atoms with Gasteiger partial charge in [0.15, 0.2) is 0 Å². The Morgan fingerprint density at radius 2 is 1.87 bits per heavy atom. The lowest BCUT2D eigenvalue weighted by molar-refractivity contribution is 0.115. The third-order valence-corrected chi connectivity index (χ3v) is 2.52. The Kier molecular flexibility index (Phi) is 11.9. The molecule has 15 heavy (non-hydrogen) atoms. The van der Waals surface area contributed by atoms with Gasteiger partial charge in [0.25, 0.3) is 0 Å². The lowest BCUT2D eigenvalue weighted by atomic mass is 10.3. The third-order valence-electron chi connectivity index (χ3n) is 2.52. The molecule has 92 valence electrons. The minimum absolute atomic E-state index is 0.826. The Bertz CT molecular complexity index is 120. The number of rotatable bonds is 11. The van der Waals surface area contributed by atoms with Gasteiger partial charge >= 0.3 is 0 Å². The fourth-order valence-electron chi connectivity index (χ4n) is 1.43. The van der Waals surface area contributed by atoms with Crippen LogP contribution in [0.15, 0.2) is 0 Å². The Morgan fingerprint density at radius 3 is 2.47 bits per heavy atom. The Balaban J connectivity index is 3.28. The normalized spacial score (nSPS) is 11.2. The molecule has 0 saturated carbocycles. The van der Waals surface area contributed by atoms with E-state index in [9.17, 15) is 0 Å². The average Bonchev–Trinajstić information content (AvgIpc) is 2.26. The lowest BCUT2D eigenvalue weighted by Gasteiger charge is -2.20. The first-order valence-electron chi connectivity index (χ1n) is 6.35. The smallest absolute Gasteiger partial charge is 0.0593 e. The number of nitrogens with one attached hydrogen (secondary N) is 1. The third kappa shape index (κ3) is 10.2. The van der Waals surface area contributed by atoms with Gasteiger partial charge in [-0.25, -0.2) is 0 Å². The van der Waals surface area contributed by atoms with Crippen LogP contribution in [0.3, 0.4) is 0 Å². The zero-order valence-electron chi connectivity index (χ0n) is 10.7.